The molecule has 0 aliphatic rings. The van der Waals surface area contributed by atoms with Crippen molar-refractivity contribution in [1.82, 2.24) is 0 Å². The number of hydrogen-bond donors (Lipinski definition) is 0. The minimum Gasteiger partial charge on any atom is -0.148 e. The van der Waals surface area contributed by atoms with Crippen LogP contribution in [-0.4, -0.2) is 0 Å². The summed E-state index contributed by atoms with van der Waals surface area (Å²) in [5.74, 6) is 0. The fraction of sp³-hybridized carbons (Fsp3) is 0. The van der Waals surface area contributed by atoms with Gasteiger partial charge in [-0.1, -0.05) is 42.5 Å². The van der Waals surface area contributed by atoms with Gasteiger partial charge in [0.15, 0.2) is 0 Å². The van der Waals surface area contributed by atoms with Crippen molar-refractivity contribution in [3.05, 3.63) is 96.4 Å². The molecule has 0 amide bonds. The fourth-order valence-electron chi connectivity index (χ4n) is 1.53. The van der Waals surface area contributed by atoms with E-state index in [1.807, 2.05) is 42.5 Å². The molecule has 2 aromatic rings. The molecule has 0 unspecified atom stereocenters. The summed E-state index contributed by atoms with van der Waals surface area (Å²) in [4.78, 5) is 0. The molecule has 84 valence electrons. The van der Waals surface area contributed by atoms with Gasteiger partial charge in [-0.3, -0.25) is 0 Å². The van der Waals surface area contributed by atoms with Crippen molar-refractivity contribution in [3.63, 3.8) is 0 Å². The van der Waals surface area contributed by atoms with E-state index in [-0.39, 0.29) is 18.9 Å². The monoisotopic (exact) mass is 226 g/mol. The molecule has 0 fully saturated rings. The van der Waals surface area contributed by atoms with Gasteiger partial charge >= 0.3 is 18.9 Å². The predicted molar refractivity (Wildman–Crippen MR) is 74.5 cm³/mol. The summed E-state index contributed by atoms with van der Waals surface area (Å²) in [5, 5.41) is 0. The summed E-state index contributed by atoms with van der Waals surface area (Å²) in [5.41, 5.74) is 2.44. The van der Waals surface area contributed by atoms with E-state index in [4.69, 9.17) is 0 Å². The average Bonchev–Trinajstić information content (AvgIpc) is 2.41. The first kappa shape index (κ1) is 14.4. The maximum absolute atomic E-state index is 2.09. The fourth-order valence-corrected chi connectivity index (χ4v) is 1.53. The zero-order valence-electron chi connectivity index (χ0n) is 10.7. The van der Waals surface area contributed by atoms with Gasteiger partial charge in [-0.15, -0.1) is 54.5 Å². The van der Waals surface area contributed by atoms with Crippen molar-refractivity contribution >= 4 is 6.08 Å². The Balaban J connectivity index is 0.00000162. The largest absolute Gasteiger partial charge is 1.00 e. The number of rotatable bonds is 4. The summed E-state index contributed by atoms with van der Waals surface area (Å²) in [6.07, 6.45) is 10.3. The molecule has 0 bridgehead atoms. The number of hydrogen-bond acceptors (Lipinski definition) is 0. The molecule has 2 rings (SSSR count). The van der Waals surface area contributed by atoms with Crippen LogP contribution in [0.3, 0.4) is 0 Å². The SMILES string of the molecule is C(C=Cc1ccccc1)=C[CH-]c1ccccc1.[Li+]. The van der Waals surface area contributed by atoms with Gasteiger partial charge in [0.05, 0.1) is 0 Å². The molecule has 2 aromatic carbocycles. The van der Waals surface area contributed by atoms with Crippen molar-refractivity contribution in [2.75, 3.05) is 0 Å². The van der Waals surface area contributed by atoms with Crippen LogP contribution in [0.15, 0.2) is 78.9 Å². The summed E-state index contributed by atoms with van der Waals surface area (Å²) in [7, 11) is 0. The first-order valence-corrected chi connectivity index (χ1v) is 5.73. The zero-order chi connectivity index (χ0) is 11.8. The quantitative estimate of drug-likeness (QED) is 0.421. The van der Waals surface area contributed by atoms with Gasteiger partial charge in [0, 0.05) is 0 Å². The Labute approximate surface area is 121 Å². The molecule has 0 N–H and O–H groups in total. The summed E-state index contributed by atoms with van der Waals surface area (Å²) in [6, 6.07) is 20.6. The van der Waals surface area contributed by atoms with E-state index in [1.165, 1.54) is 11.1 Å². The van der Waals surface area contributed by atoms with Crippen LogP contribution in [0.25, 0.3) is 6.08 Å². The molecule has 0 aliphatic carbocycles. The first-order chi connectivity index (χ1) is 8.45. The van der Waals surface area contributed by atoms with Crippen LogP contribution in [0.5, 0.6) is 0 Å². The van der Waals surface area contributed by atoms with E-state index in [1.54, 1.807) is 0 Å². The standard InChI is InChI=1S/C17H15.Li/c1-4-10-16(11-5-1)14-8-3-9-15-17-12-6-2-7-13-17;/h1-15H;/q-1;+1. The average molecular weight is 226 g/mol. The van der Waals surface area contributed by atoms with Crippen LogP contribution in [0.4, 0.5) is 0 Å². The van der Waals surface area contributed by atoms with Gasteiger partial charge in [0.25, 0.3) is 0 Å². The maximum Gasteiger partial charge on any atom is 1.00 e. The Hall–Kier alpha value is -1.61. The van der Waals surface area contributed by atoms with Gasteiger partial charge in [0.1, 0.15) is 0 Å². The van der Waals surface area contributed by atoms with E-state index in [2.05, 4.69) is 48.9 Å². The minimum absolute atomic E-state index is 0. The van der Waals surface area contributed by atoms with Crippen LogP contribution in [-0.2, 0) is 0 Å². The van der Waals surface area contributed by atoms with Crippen molar-refractivity contribution < 1.29 is 18.9 Å². The topological polar surface area (TPSA) is 0 Å². The molecule has 0 nitrogen and oxygen atoms in total. The second kappa shape index (κ2) is 8.47. The molecule has 0 saturated heterocycles. The molecule has 0 radical (unpaired) electrons. The molecule has 0 aliphatic heterocycles. The third kappa shape index (κ3) is 5.14. The second-order valence-corrected chi connectivity index (χ2v) is 3.73. The Morgan fingerprint density at radius 2 is 1.33 bits per heavy atom. The number of allylic oxidation sites excluding steroid dienone is 3. The molecule has 18 heavy (non-hydrogen) atoms. The Morgan fingerprint density at radius 1 is 0.722 bits per heavy atom. The van der Waals surface area contributed by atoms with Crippen molar-refractivity contribution in [2.45, 2.75) is 0 Å². The minimum atomic E-state index is 0. The maximum atomic E-state index is 2.09. The van der Waals surface area contributed by atoms with Crippen LogP contribution in [0, 0.1) is 6.42 Å². The van der Waals surface area contributed by atoms with E-state index in [0.717, 1.165) is 0 Å². The first-order valence-electron chi connectivity index (χ1n) is 5.73. The van der Waals surface area contributed by atoms with E-state index in [9.17, 15) is 0 Å². The van der Waals surface area contributed by atoms with E-state index >= 15 is 0 Å². The zero-order valence-corrected chi connectivity index (χ0v) is 10.7. The Morgan fingerprint density at radius 3 is 2.00 bits per heavy atom. The second-order valence-electron chi connectivity index (χ2n) is 3.73. The Kier molecular flexibility index (Phi) is 6.80. The van der Waals surface area contributed by atoms with Crippen LogP contribution in [0.2, 0.25) is 0 Å². The van der Waals surface area contributed by atoms with Gasteiger partial charge in [-0.25, -0.2) is 0 Å². The van der Waals surface area contributed by atoms with Crippen LogP contribution < -0.4 is 18.9 Å². The molecule has 0 aromatic heterocycles. The molecule has 0 atom stereocenters. The molecular weight excluding hydrogens is 211 g/mol. The van der Waals surface area contributed by atoms with Crippen LogP contribution >= 0.6 is 0 Å². The Bertz CT molecular complexity index is 484. The van der Waals surface area contributed by atoms with E-state index in [0.29, 0.717) is 0 Å². The third-order valence-corrected chi connectivity index (χ3v) is 2.40. The van der Waals surface area contributed by atoms with E-state index < -0.39 is 0 Å². The van der Waals surface area contributed by atoms with Crippen molar-refractivity contribution in [2.24, 2.45) is 0 Å². The van der Waals surface area contributed by atoms with Crippen molar-refractivity contribution in [1.29, 1.82) is 0 Å². The predicted octanol–water partition coefficient (Wildman–Crippen LogP) is 1.51. The van der Waals surface area contributed by atoms with Gasteiger partial charge < -0.3 is 0 Å². The summed E-state index contributed by atoms with van der Waals surface area (Å²) in [6.45, 7) is 0. The van der Waals surface area contributed by atoms with Gasteiger partial charge in [-0.05, 0) is 5.56 Å². The van der Waals surface area contributed by atoms with Gasteiger partial charge in [-0.2, -0.15) is 0 Å². The smallest absolute Gasteiger partial charge is 0.148 e. The molecule has 1 heteroatoms. The van der Waals surface area contributed by atoms with Crippen LogP contribution in [0.1, 0.15) is 11.1 Å². The molecule has 0 saturated carbocycles. The molecule has 0 spiro atoms. The van der Waals surface area contributed by atoms with Crippen molar-refractivity contribution in [3.8, 4) is 0 Å². The molecule has 0 heterocycles. The summed E-state index contributed by atoms with van der Waals surface area (Å²) < 4.78 is 0. The summed E-state index contributed by atoms with van der Waals surface area (Å²) >= 11 is 0. The third-order valence-electron chi connectivity index (χ3n) is 2.40. The van der Waals surface area contributed by atoms with Gasteiger partial charge in [0.2, 0.25) is 0 Å². The number of benzene rings is 2. The normalized spacial score (nSPS) is 10.4. The molecular formula is C17H15Li.